The molecular formula is C21H33BrN4O. The molecule has 150 valence electrons. The number of rotatable bonds is 5. The van der Waals surface area contributed by atoms with Crippen molar-refractivity contribution in [3.8, 4) is 0 Å². The van der Waals surface area contributed by atoms with Gasteiger partial charge in [0.25, 0.3) is 0 Å². The predicted octanol–water partition coefficient (Wildman–Crippen LogP) is 3.10. The Morgan fingerprint density at radius 2 is 1.93 bits per heavy atom. The summed E-state index contributed by atoms with van der Waals surface area (Å²) in [6, 6.07) is 9.23. The molecule has 6 heteroatoms. The highest BCUT2D eigenvalue weighted by Gasteiger charge is 2.30. The van der Waals surface area contributed by atoms with Crippen molar-refractivity contribution < 1.29 is 4.74 Å². The van der Waals surface area contributed by atoms with Gasteiger partial charge in [-0.05, 0) is 31.0 Å². The Bertz CT molecular complexity index is 626. The maximum Gasteiger partial charge on any atom is 0.193 e. The van der Waals surface area contributed by atoms with E-state index in [0.717, 1.165) is 62.9 Å². The monoisotopic (exact) mass is 436 g/mol. The Morgan fingerprint density at radius 1 is 1.22 bits per heavy atom. The summed E-state index contributed by atoms with van der Waals surface area (Å²) in [4.78, 5) is 10.0. The Labute approximate surface area is 172 Å². The molecule has 1 unspecified atom stereocenters. The Kier molecular flexibility index (Phi) is 7.17. The molecular weight excluding hydrogens is 404 g/mol. The minimum atomic E-state index is 0.00467. The van der Waals surface area contributed by atoms with E-state index in [1.165, 1.54) is 12.0 Å². The molecule has 0 radical (unpaired) electrons. The zero-order valence-corrected chi connectivity index (χ0v) is 18.5. The van der Waals surface area contributed by atoms with Crippen LogP contribution in [-0.4, -0.2) is 74.3 Å². The molecule has 2 heterocycles. The lowest BCUT2D eigenvalue weighted by Gasteiger charge is -2.32. The van der Waals surface area contributed by atoms with Gasteiger partial charge in [0, 0.05) is 48.7 Å². The van der Waals surface area contributed by atoms with Gasteiger partial charge < -0.3 is 15.0 Å². The molecule has 2 saturated heterocycles. The van der Waals surface area contributed by atoms with E-state index in [9.17, 15) is 0 Å². The molecule has 1 atom stereocenters. The van der Waals surface area contributed by atoms with E-state index >= 15 is 0 Å². The summed E-state index contributed by atoms with van der Waals surface area (Å²) >= 11 is 3.52. The fourth-order valence-electron chi connectivity index (χ4n) is 3.87. The van der Waals surface area contributed by atoms with Crippen LogP contribution >= 0.6 is 15.9 Å². The summed E-state index contributed by atoms with van der Waals surface area (Å²) in [6.07, 6.45) is 1.21. The van der Waals surface area contributed by atoms with Crippen molar-refractivity contribution in [3.63, 3.8) is 0 Å². The average Bonchev–Trinajstić information content (AvgIpc) is 3.16. The van der Waals surface area contributed by atoms with Crippen LogP contribution in [0.15, 0.2) is 33.7 Å². The molecule has 1 aromatic carbocycles. The van der Waals surface area contributed by atoms with Gasteiger partial charge in [-0.1, -0.05) is 41.9 Å². The first-order valence-corrected chi connectivity index (χ1v) is 10.9. The second kappa shape index (κ2) is 9.39. The van der Waals surface area contributed by atoms with Crippen molar-refractivity contribution in [2.75, 3.05) is 52.5 Å². The third-order valence-electron chi connectivity index (χ3n) is 5.61. The van der Waals surface area contributed by atoms with Crippen molar-refractivity contribution in [1.29, 1.82) is 0 Å². The number of morpholine rings is 1. The third kappa shape index (κ3) is 5.46. The van der Waals surface area contributed by atoms with Crippen LogP contribution in [-0.2, 0) is 10.2 Å². The van der Waals surface area contributed by atoms with E-state index in [2.05, 4.69) is 76.1 Å². The van der Waals surface area contributed by atoms with Crippen LogP contribution < -0.4 is 5.32 Å². The molecule has 27 heavy (non-hydrogen) atoms. The number of benzene rings is 1. The first-order chi connectivity index (χ1) is 13.0. The van der Waals surface area contributed by atoms with E-state index in [0.29, 0.717) is 6.04 Å². The van der Waals surface area contributed by atoms with Gasteiger partial charge in [0.05, 0.1) is 19.8 Å². The smallest absolute Gasteiger partial charge is 0.193 e. The van der Waals surface area contributed by atoms with Crippen LogP contribution in [0.25, 0.3) is 0 Å². The summed E-state index contributed by atoms with van der Waals surface area (Å²) in [5, 5.41) is 3.51. The van der Waals surface area contributed by atoms with E-state index in [1.807, 2.05) is 0 Å². The van der Waals surface area contributed by atoms with Crippen LogP contribution in [0, 0.1) is 0 Å². The molecule has 0 bridgehead atoms. The summed E-state index contributed by atoms with van der Waals surface area (Å²) in [7, 11) is 0. The fourth-order valence-corrected chi connectivity index (χ4v) is 4.13. The molecule has 0 aromatic heterocycles. The van der Waals surface area contributed by atoms with Crippen LogP contribution in [0.2, 0.25) is 0 Å². The van der Waals surface area contributed by atoms with Gasteiger partial charge in [-0.3, -0.25) is 9.89 Å². The van der Waals surface area contributed by atoms with Crippen molar-refractivity contribution >= 4 is 21.9 Å². The number of ether oxygens (including phenoxy) is 1. The number of guanidine groups is 1. The summed E-state index contributed by atoms with van der Waals surface area (Å²) in [5.74, 6) is 1.05. The lowest BCUT2D eigenvalue weighted by Crippen LogP contribution is -2.47. The minimum absolute atomic E-state index is 0.00467. The van der Waals surface area contributed by atoms with Crippen molar-refractivity contribution in [1.82, 2.24) is 15.1 Å². The van der Waals surface area contributed by atoms with Gasteiger partial charge in [0.1, 0.15) is 0 Å². The molecule has 0 saturated carbocycles. The third-order valence-corrected chi connectivity index (χ3v) is 6.14. The SMILES string of the molecule is CCNC(=NCC(C)(C)c1ccc(Br)cc1)N1CCC(N2CCOCC2)C1. The second-order valence-electron chi connectivity index (χ2n) is 8.10. The van der Waals surface area contributed by atoms with E-state index in [-0.39, 0.29) is 5.41 Å². The number of aliphatic imine (C=N–C) groups is 1. The molecule has 1 aromatic rings. The molecule has 1 N–H and O–H groups in total. The summed E-state index contributed by atoms with van der Waals surface area (Å²) < 4.78 is 6.62. The van der Waals surface area contributed by atoms with Crippen molar-refractivity contribution in [2.45, 2.75) is 38.6 Å². The van der Waals surface area contributed by atoms with E-state index in [1.54, 1.807) is 0 Å². The lowest BCUT2D eigenvalue weighted by molar-refractivity contribution is 0.0195. The summed E-state index contributed by atoms with van der Waals surface area (Å²) in [5.41, 5.74) is 1.32. The van der Waals surface area contributed by atoms with Crippen molar-refractivity contribution in [3.05, 3.63) is 34.3 Å². The normalized spacial score (nSPS) is 22.3. The molecule has 0 amide bonds. The molecule has 2 aliphatic heterocycles. The minimum Gasteiger partial charge on any atom is -0.379 e. The van der Waals surface area contributed by atoms with Crippen LogP contribution in [0.5, 0.6) is 0 Å². The Balaban J connectivity index is 1.64. The van der Waals surface area contributed by atoms with Crippen molar-refractivity contribution in [2.24, 2.45) is 4.99 Å². The number of nitrogens with one attached hydrogen (secondary N) is 1. The topological polar surface area (TPSA) is 40.1 Å². The van der Waals surface area contributed by atoms with Crippen LogP contribution in [0.4, 0.5) is 0 Å². The van der Waals surface area contributed by atoms with Gasteiger partial charge in [-0.15, -0.1) is 0 Å². The van der Waals surface area contributed by atoms with E-state index in [4.69, 9.17) is 9.73 Å². The zero-order valence-electron chi connectivity index (χ0n) is 16.9. The standard InChI is InChI=1S/C21H33BrN4O/c1-4-23-20(24-16-21(2,3)17-5-7-18(22)8-6-17)26-10-9-19(15-26)25-11-13-27-14-12-25/h5-8,19H,4,9-16H2,1-3H3,(H,23,24). The number of hydrogen-bond acceptors (Lipinski definition) is 3. The predicted molar refractivity (Wildman–Crippen MR) is 116 cm³/mol. The van der Waals surface area contributed by atoms with Gasteiger partial charge in [0.15, 0.2) is 5.96 Å². The quantitative estimate of drug-likeness (QED) is 0.568. The van der Waals surface area contributed by atoms with Gasteiger partial charge >= 0.3 is 0 Å². The molecule has 5 nitrogen and oxygen atoms in total. The first-order valence-electron chi connectivity index (χ1n) is 10.1. The molecule has 0 spiro atoms. The largest absolute Gasteiger partial charge is 0.379 e. The highest BCUT2D eigenvalue weighted by atomic mass is 79.9. The first kappa shape index (κ1) is 20.6. The van der Waals surface area contributed by atoms with Gasteiger partial charge in [-0.2, -0.15) is 0 Å². The summed E-state index contributed by atoms with van der Waals surface area (Å²) in [6.45, 7) is 14.3. The second-order valence-corrected chi connectivity index (χ2v) is 9.01. The van der Waals surface area contributed by atoms with Crippen LogP contribution in [0.3, 0.4) is 0 Å². The Hall–Kier alpha value is -1.11. The van der Waals surface area contributed by atoms with Gasteiger partial charge in [-0.25, -0.2) is 0 Å². The maximum atomic E-state index is 5.50. The number of halogens is 1. The maximum absolute atomic E-state index is 5.50. The highest BCUT2D eigenvalue weighted by molar-refractivity contribution is 9.10. The van der Waals surface area contributed by atoms with Crippen LogP contribution in [0.1, 0.15) is 32.8 Å². The molecule has 3 rings (SSSR count). The Morgan fingerprint density at radius 3 is 2.59 bits per heavy atom. The molecule has 2 fully saturated rings. The molecule has 0 aliphatic carbocycles. The highest BCUT2D eigenvalue weighted by Crippen LogP contribution is 2.25. The number of hydrogen-bond donors (Lipinski definition) is 1. The zero-order chi connectivity index (χ0) is 19.3. The number of nitrogens with zero attached hydrogens (tertiary/aromatic N) is 3. The average molecular weight is 437 g/mol. The number of likely N-dealkylation sites (tertiary alicyclic amines) is 1. The fraction of sp³-hybridized carbons (Fsp3) is 0.667. The van der Waals surface area contributed by atoms with E-state index < -0.39 is 0 Å². The lowest BCUT2D eigenvalue weighted by atomic mass is 9.85. The van der Waals surface area contributed by atoms with Gasteiger partial charge in [0.2, 0.25) is 0 Å². The molecule has 2 aliphatic rings.